The Balaban J connectivity index is 2.55. The molecule has 9 heteroatoms. The van der Waals surface area contributed by atoms with Crippen molar-refractivity contribution in [1.82, 2.24) is 4.90 Å². The number of carbonyl (C=O) groups is 1. The standard InChI is InChI=1S/C18H21FN2O5S/c1-20(2)18(22)12-21(14-7-5-13(19)6-8-14)27(23,24)15-9-10-16(25-3)17(11-15)26-4/h5-11H,12H2,1-4H3. The summed E-state index contributed by atoms with van der Waals surface area (Å²) in [6.07, 6.45) is 0. The van der Waals surface area contributed by atoms with Crippen molar-refractivity contribution in [2.75, 3.05) is 39.2 Å². The predicted octanol–water partition coefficient (Wildman–Crippen LogP) is 2.13. The molecule has 0 saturated heterocycles. The zero-order valence-corrected chi connectivity index (χ0v) is 16.3. The number of benzene rings is 2. The van der Waals surface area contributed by atoms with Gasteiger partial charge in [-0.05, 0) is 36.4 Å². The summed E-state index contributed by atoms with van der Waals surface area (Å²) < 4.78 is 50.9. The van der Waals surface area contributed by atoms with E-state index >= 15 is 0 Å². The van der Waals surface area contributed by atoms with Gasteiger partial charge in [0.2, 0.25) is 5.91 Å². The Labute approximate surface area is 158 Å². The van der Waals surface area contributed by atoms with E-state index in [0.29, 0.717) is 5.75 Å². The van der Waals surface area contributed by atoms with Crippen LogP contribution in [0.4, 0.5) is 10.1 Å². The van der Waals surface area contributed by atoms with Crippen LogP contribution in [0.25, 0.3) is 0 Å². The van der Waals surface area contributed by atoms with Crippen LogP contribution in [0.15, 0.2) is 47.4 Å². The first-order valence-corrected chi connectivity index (χ1v) is 9.35. The molecule has 0 aromatic heterocycles. The number of hydrogen-bond donors (Lipinski definition) is 0. The topological polar surface area (TPSA) is 76.2 Å². The third-order valence-corrected chi connectivity index (χ3v) is 5.61. The van der Waals surface area contributed by atoms with Crippen molar-refractivity contribution in [2.45, 2.75) is 4.90 Å². The summed E-state index contributed by atoms with van der Waals surface area (Å²) in [5, 5.41) is 0. The van der Waals surface area contributed by atoms with E-state index in [2.05, 4.69) is 0 Å². The Morgan fingerprint density at radius 1 is 1.00 bits per heavy atom. The minimum Gasteiger partial charge on any atom is -0.493 e. The molecule has 0 unspecified atom stereocenters. The molecule has 0 spiro atoms. The van der Waals surface area contributed by atoms with E-state index in [-0.39, 0.29) is 16.3 Å². The largest absolute Gasteiger partial charge is 0.493 e. The van der Waals surface area contributed by atoms with Crippen molar-refractivity contribution in [2.24, 2.45) is 0 Å². The quantitative estimate of drug-likeness (QED) is 0.717. The summed E-state index contributed by atoms with van der Waals surface area (Å²) in [6, 6.07) is 8.99. The van der Waals surface area contributed by atoms with Gasteiger partial charge in [0.1, 0.15) is 12.4 Å². The van der Waals surface area contributed by atoms with E-state index in [1.165, 1.54) is 63.5 Å². The lowest BCUT2D eigenvalue weighted by molar-refractivity contribution is -0.127. The van der Waals surface area contributed by atoms with Gasteiger partial charge in [0.05, 0.1) is 24.8 Å². The van der Waals surface area contributed by atoms with Crippen molar-refractivity contribution >= 4 is 21.6 Å². The molecule has 0 bridgehead atoms. The lowest BCUT2D eigenvalue weighted by atomic mass is 10.3. The molecule has 0 heterocycles. The van der Waals surface area contributed by atoms with E-state index in [1.807, 2.05) is 0 Å². The Morgan fingerprint density at radius 3 is 2.11 bits per heavy atom. The van der Waals surface area contributed by atoms with Gasteiger partial charge in [-0.1, -0.05) is 0 Å². The summed E-state index contributed by atoms with van der Waals surface area (Å²) in [7, 11) is 1.75. The number of nitrogens with zero attached hydrogens (tertiary/aromatic N) is 2. The maximum absolute atomic E-state index is 13.3. The first-order chi connectivity index (χ1) is 12.7. The summed E-state index contributed by atoms with van der Waals surface area (Å²) in [6.45, 7) is -0.435. The number of sulfonamides is 1. The van der Waals surface area contributed by atoms with Crippen molar-refractivity contribution < 1.29 is 27.1 Å². The maximum atomic E-state index is 13.3. The van der Waals surface area contributed by atoms with Crippen molar-refractivity contribution in [3.05, 3.63) is 48.3 Å². The molecule has 0 N–H and O–H groups in total. The molecule has 7 nitrogen and oxygen atoms in total. The fourth-order valence-electron chi connectivity index (χ4n) is 2.29. The Hall–Kier alpha value is -2.81. The van der Waals surface area contributed by atoms with Crippen LogP contribution < -0.4 is 13.8 Å². The zero-order chi connectivity index (χ0) is 20.2. The van der Waals surface area contributed by atoms with Crippen LogP contribution in [0.3, 0.4) is 0 Å². The van der Waals surface area contributed by atoms with E-state index in [0.717, 1.165) is 16.4 Å². The van der Waals surface area contributed by atoms with Gasteiger partial charge in [-0.25, -0.2) is 12.8 Å². The third-order valence-electron chi connectivity index (χ3n) is 3.84. The van der Waals surface area contributed by atoms with Gasteiger partial charge in [-0.15, -0.1) is 0 Å². The van der Waals surface area contributed by atoms with Gasteiger partial charge in [0.15, 0.2) is 11.5 Å². The molecule has 0 aliphatic carbocycles. The number of rotatable bonds is 7. The lowest BCUT2D eigenvalue weighted by Gasteiger charge is -2.25. The molecular formula is C18H21FN2O5S. The molecule has 0 atom stereocenters. The van der Waals surface area contributed by atoms with Crippen LogP contribution in [-0.2, 0) is 14.8 Å². The second-order valence-corrected chi connectivity index (χ2v) is 7.66. The summed E-state index contributed by atoms with van der Waals surface area (Å²) in [5.74, 6) is -0.338. The normalized spacial score (nSPS) is 11.0. The summed E-state index contributed by atoms with van der Waals surface area (Å²) in [4.78, 5) is 13.4. The van der Waals surface area contributed by atoms with Crippen molar-refractivity contribution in [3.8, 4) is 11.5 Å². The van der Waals surface area contributed by atoms with Crippen LogP contribution in [0.1, 0.15) is 0 Å². The number of amides is 1. The second-order valence-electron chi connectivity index (χ2n) is 5.79. The van der Waals surface area contributed by atoms with Gasteiger partial charge in [-0.2, -0.15) is 0 Å². The van der Waals surface area contributed by atoms with E-state index < -0.39 is 28.3 Å². The van der Waals surface area contributed by atoms with Crippen LogP contribution in [-0.4, -0.2) is 54.1 Å². The molecule has 146 valence electrons. The predicted molar refractivity (Wildman–Crippen MR) is 99.2 cm³/mol. The summed E-state index contributed by atoms with van der Waals surface area (Å²) >= 11 is 0. The van der Waals surface area contributed by atoms with E-state index in [1.54, 1.807) is 0 Å². The fraction of sp³-hybridized carbons (Fsp3) is 0.278. The number of ether oxygens (including phenoxy) is 2. The molecule has 2 aromatic carbocycles. The molecule has 1 amide bonds. The van der Waals surface area contributed by atoms with Gasteiger partial charge in [0.25, 0.3) is 10.0 Å². The average Bonchev–Trinajstić information content (AvgIpc) is 2.65. The Kier molecular flexibility index (Phi) is 6.27. The van der Waals surface area contributed by atoms with Crippen LogP contribution in [0.2, 0.25) is 0 Å². The third kappa shape index (κ3) is 4.48. The molecule has 2 aromatic rings. The van der Waals surface area contributed by atoms with Crippen LogP contribution in [0, 0.1) is 5.82 Å². The van der Waals surface area contributed by atoms with Crippen LogP contribution in [0.5, 0.6) is 11.5 Å². The Bertz CT molecular complexity index is 914. The van der Waals surface area contributed by atoms with Gasteiger partial charge < -0.3 is 14.4 Å². The number of likely N-dealkylation sites (N-methyl/N-ethyl adjacent to an activating group) is 1. The second kappa shape index (κ2) is 8.26. The number of carbonyl (C=O) groups excluding carboxylic acids is 1. The number of hydrogen-bond acceptors (Lipinski definition) is 5. The molecule has 0 aliphatic rings. The van der Waals surface area contributed by atoms with Crippen molar-refractivity contribution in [1.29, 1.82) is 0 Å². The monoisotopic (exact) mass is 396 g/mol. The highest BCUT2D eigenvalue weighted by atomic mass is 32.2. The van der Waals surface area contributed by atoms with Gasteiger partial charge in [0, 0.05) is 20.2 Å². The van der Waals surface area contributed by atoms with Gasteiger partial charge in [-0.3, -0.25) is 9.10 Å². The summed E-state index contributed by atoms with van der Waals surface area (Å²) in [5.41, 5.74) is 0.168. The average molecular weight is 396 g/mol. The molecular weight excluding hydrogens is 375 g/mol. The highest BCUT2D eigenvalue weighted by Gasteiger charge is 2.28. The molecule has 0 fully saturated rings. The maximum Gasteiger partial charge on any atom is 0.264 e. The number of methoxy groups -OCH3 is 2. The van der Waals surface area contributed by atoms with Crippen LogP contribution >= 0.6 is 0 Å². The number of halogens is 1. The highest BCUT2D eigenvalue weighted by molar-refractivity contribution is 7.92. The van der Waals surface area contributed by atoms with Crippen molar-refractivity contribution in [3.63, 3.8) is 0 Å². The smallest absolute Gasteiger partial charge is 0.264 e. The lowest BCUT2D eigenvalue weighted by Crippen LogP contribution is -2.40. The molecule has 2 rings (SSSR count). The fourth-order valence-corrected chi connectivity index (χ4v) is 3.72. The van der Waals surface area contributed by atoms with Gasteiger partial charge >= 0.3 is 0 Å². The van der Waals surface area contributed by atoms with E-state index in [9.17, 15) is 17.6 Å². The first-order valence-electron chi connectivity index (χ1n) is 7.91. The van der Waals surface area contributed by atoms with E-state index in [4.69, 9.17) is 9.47 Å². The SMILES string of the molecule is COc1ccc(S(=O)(=O)N(CC(=O)N(C)C)c2ccc(F)cc2)cc1OC. The first kappa shape index (κ1) is 20.5. The minimum absolute atomic E-state index is 0.0870. The molecule has 27 heavy (non-hydrogen) atoms. The zero-order valence-electron chi connectivity index (χ0n) is 15.5. The minimum atomic E-state index is -4.13. The highest BCUT2D eigenvalue weighted by Crippen LogP contribution is 2.32. The number of anilines is 1. The molecule has 0 saturated carbocycles. The molecule has 0 aliphatic heterocycles. The molecule has 0 radical (unpaired) electrons. The Morgan fingerprint density at radius 2 is 1.59 bits per heavy atom.